The minimum atomic E-state index is -3.97. The van der Waals surface area contributed by atoms with E-state index in [0.717, 1.165) is 15.4 Å². The van der Waals surface area contributed by atoms with Crippen LogP contribution in [0.4, 0.5) is 11.4 Å². The third-order valence-corrected chi connectivity index (χ3v) is 6.80. The highest BCUT2D eigenvalue weighted by molar-refractivity contribution is 7.89. The van der Waals surface area contributed by atoms with Crippen molar-refractivity contribution < 1.29 is 18.0 Å². The standard InChI is InChI=1S/C24H24ClN3O4S/c1-17-3-5-19(6-4-17)15-28(33(31,32)23-13-7-20(25)8-14-23)16-24(30)27-22-11-9-21(10-12-22)26-18(2)29/h3-14H,15-16H2,1-2H3,(H,26,29)(H,27,30). The summed E-state index contributed by atoms with van der Waals surface area (Å²) in [5, 5.41) is 5.76. The largest absolute Gasteiger partial charge is 0.326 e. The first kappa shape index (κ1) is 24.4. The lowest BCUT2D eigenvalue weighted by Gasteiger charge is -2.22. The first-order chi connectivity index (χ1) is 15.6. The van der Waals surface area contributed by atoms with Crippen molar-refractivity contribution >= 4 is 44.8 Å². The van der Waals surface area contributed by atoms with Gasteiger partial charge in [-0.1, -0.05) is 41.4 Å². The molecule has 0 bridgehead atoms. The molecule has 3 aromatic rings. The van der Waals surface area contributed by atoms with Crippen molar-refractivity contribution in [3.05, 3.63) is 88.9 Å². The number of carbonyl (C=O) groups is 2. The molecule has 33 heavy (non-hydrogen) atoms. The molecule has 7 nitrogen and oxygen atoms in total. The Bertz CT molecular complexity index is 1230. The number of benzene rings is 3. The van der Waals surface area contributed by atoms with Crippen LogP contribution in [0.5, 0.6) is 0 Å². The molecule has 3 aromatic carbocycles. The van der Waals surface area contributed by atoms with Gasteiger partial charge in [-0.15, -0.1) is 0 Å². The van der Waals surface area contributed by atoms with Crippen LogP contribution in [-0.2, 0) is 26.2 Å². The number of anilines is 2. The topological polar surface area (TPSA) is 95.6 Å². The fourth-order valence-corrected chi connectivity index (χ4v) is 4.59. The average molecular weight is 486 g/mol. The van der Waals surface area contributed by atoms with E-state index in [2.05, 4.69) is 10.6 Å². The maximum Gasteiger partial charge on any atom is 0.243 e. The summed E-state index contributed by atoms with van der Waals surface area (Å²) in [6, 6.07) is 19.8. The van der Waals surface area contributed by atoms with Crippen LogP contribution < -0.4 is 10.6 Å². The molecule has 0 saturated heterocycles. The second-order valence-corrected chi connectivity index (χ2v) is 9.89. The predicted octanol–water partition coefficient (Wildman–Crippen LogP) is 4.44. The highest BCUT2D eigenvalue weighted by Gasteiger charge is 2.27. The van der Waals surface area contributed by atoms with E-state index in [1.54, 1.807) is 24.3 Å². The van der Waals surface area contributed by atoms with Crippen molar-refractivity contribution in [2.24, 2.45) is 0 Å². The van der Waals surface area contributed by atoms with Gasteiger partial charge in [0.15, 0.2) is 0 Å². The Kier molecular flexibility index (Phi) is 7.86. The van der Waals surface area contributed by atoms with E-state index in [9.17, 15) is 18.0 Å². The summed E-state index contributed by atoms with van der Waals surface area (Å²) >= 11 is 5.90. The number of aryl methyl sites for hydroxylation is 1. The average Bonchev–Trinajstić information content (AvgIpc) is 2.76. The summed E-state index contributed by atoms with van der Waals surface area (Å²) in [6.45, 7) is 2.99. The molecule has 2 amide bonds. The lowest BCUT2D eigenvalue weighted by Crippen LogP contribution is -2.37. The van der Waals surface area contributed by atoms with Gasteiger partial charge in [0.25, 0.3) is 0 Å². The van der Waals surface area contributed by atoms with Crippen LogP contribution in [-0.4, -0.2) is 31.1 Å². The molecule has 0 saturated carbocycles. The molecular formula is C24H24ClN3O4S. The fourth-order valence-electron chi connectivity index (χ4n) is 3.08. The van der Waals surface area contributed by atoms with E-state index in [1.165, 1.54) is 31.2 Å². The van der Waals surface area contributed by atoms with E-state index in [-0.39, 0.29) is 23.9 Å². The molecule has 0 radical (unpaired) electrons. The summed E-state index contributed by atoms with van der Waals surface area (Å²) in [4.78, 5) is 23.9. The van der Waals surface area contributed by atoms with Crippen LogP contribution in [0.25, 0.3) is 0 Å². The zero-order chi connectivity index (χ0) is 24.0. The summed E-state index contributed by atoms with van der Waals surface area (Å²) in [7, 11) is -3.97. The number of carbonyl (C=O) groups excluding carboxylic acids is 2. The van der Waals surface area contributed by atoms with Gasteiger partial charge in [0.05, 0.1) is 11.4 Å². The molecule has 9 heteroatoms. The van der Waals surface area contributed by atoms with Crippen molar-refractivity contribution in [2.75, 3.05) is 17.2 Å². The summed E-state index contributed by atoms with van der Waals surface area (Å²) in [5.41, 5.74) is 2.87. The number of sulfonamides is 1. The molecule has 0 aliphatic heterocycles. The molecular weight excluding hydrogens is 462 g/mol. The lowest BCUT2D eigenvalue weighted by atomic mass is 10.1. The van der Waals surface area contributed by atoms with E-state index in [4.69, 9.17) is 11.6 Å². The number of nitrogens with one attached hydrogen (secondary N) is 2. The van der Waals surface area contributed by atoms with E-state index >= 15 is 0 Å². The van der Waals surface area contributed by atoms with Gasteiger partial charge < -0.3 is 10.6 Å². The molecule has 3 rings (SSSR count). The Labute approximate surface area is 198 Å². The first-order valence-electron chi connectivity index (χ1n) is 10.1. The van der Waals surface area contributed by atoms with Crippen LogP contribution in [0.3, 0.4) is 0 Å². The molecule has 0 aliphatic rings. The molecule has 0 atom stereocenters. The highest BCUT2D eigenvalue weighted by atomic mass is 35.5. The van der Waals surface area contributed by atoms with Gasteiger partial charge in [-0.25, -0.2) is 8.42 Å². The number of halogens is 1. The number of hydrogen-bond donors (Lipinski definition) is 2. The second kappa shape index (κ2) is 10.6. The summed E-state index contributed by atoms with van der Waals surface area (Å²) in [5.74, 6) is -0.696. The zero-order valence-corrected chi connectivity index (χ0v) is 19.8. The Morgan fingerprint density at radius 3 is 1.94 bits per heavy atom. The number of hydrogen-bond acceptors (Lipinski definition) is 4. The van der Waals surface area contributed by atoms with Crippen LogP contribution in [0.15, 0.2) is 77.7 Å². The molecule has 0 unspecified atom stereocenters. The maximum atomic E-state index is 13.3. The molecule has 0 aliphatic carbocycles. The molecule has 0 heterocycles. The van der Waals surface area contributed by atoms with Crippen LogP contribution in [0, 0.1) is 6.92 Å². The van der Waals surface area contributed by atoms with Crippen molar-refractivity contribution in [2.45, 2.75) is 25.3 Å². The van der Waals surface area contributed by atoms with Gasteiger partial charge >= 0.3 is 0 Å². The van der Waals surface area contributed by atoms with Crippen molar-refractivity contribution in [1.82, 2.24) is 4.31 Å². The third kappa shape index (κ3) is 6.89. The number of amides is 2. The zero-order valence-electron chi connectivity index (χ0n) is 18.2. The van der Waals surface area contributed by atoms with Gasteiger partial charge in [-0.2, -0.15) is 4.31 Å². The summed E-state index contributed by atoms with van der Waals surface area (Å²) in [6.07, 6.45) is 0. The summed E-state index contributed by atoms with van der Waals surface area (Å²) < 4.78 is 27.8. The van der Waals surface area contributed by atoms with Gasteiger partial charge in [0.1, 0.15) is 0 Å². The monoisotopic (exact) mass is 485 g/mol. The molecule has 0 spiro atoms. The van der Waals surface area contributed by atoms with E-state index < -0.39 is 15.9 Å². The minimum absolute atomic E-state index is 0.0279. The van der Waals surface area contributed by atoms with E-state index in [0.29, 0.717) is 16.4 Å². The van der Waals surface area contributed by atoms with Crippen molar-refractivity contribution in [3.8, 4) is 0 Å². The Hall–Kier alpha value is -3.20. The quantitative estimate of drug-likeness (QED) is 0.493. The predicted molar refractivity (Wildman–Crippen MR) is 130 cm³/mol. The molecule has 0 aromatic heterocycles. The highest BCUT2D eigenvalue weighted by Crippen LogP contribution is 2.21. The van der Waals surface area contributed by atoms with Crippen molar-refractivity contribution in [3.63, 3.8) is 0 Å². The van der Waals surface area contributed by atoms with Gasteiger partial charge in [-0.05, 0) is 61.0 Å². The van der Waals surface area contributed by atoms with E-state index in [1.807, 2.05) is 31.2 Å². The smallest absolute Gasteiger partial charge is 0.243 e. The molecule has 2 N–H and O–H groups in total. The molecule has 172 valence electrons. The minimum Gasteiger partial charge on any atom is -0.326 e. The first-order valence-corrected chi connectivity index (χ1v) is 11.9. The number of nitrogens with zero attached hydrogens (tertiary/aromatic N) is 1. The molecule has 0 fully saturated rings. The van der Waals surface area contributed by atoms with Crippen LogP contribution in [0.2, 0.25) is 5.02 Å². The third-order valence-electron chi connectivity index (χ3n) is 4.74. The van der Waals surface area contributed by atoms with Gasteiger partial charge in [0, 0.05) is 29.9 Å². The second-order valence-electron chi connectivity index (χ2n) is 7.52. The van der Waals surface area contributed by atoms with Gasteiger partial charge in [0.2, 0.25) is 21.8 Å². The van der Waals surface area contributed by atoms with Crippen molar-refractivity contribution in [1.29, 1.82) is 0 Å². The Balaban J connectivity index is 1.81. The number of rotatable bonds is 8. The van der Waals surface area contributed by atoms with Gasteiger partial charge in [-0.3, -0.25) is 9.59 Å². The SMILES string of the molecule is CC(=O)Nc1ccc(NC(=O)CN(Cc2ccc(C)cc2)S(=O)(=O)c2ccc(Cl)cc2)cc1. The Morgan fingerprint density at radius 2 is 1.39 bits per heavy atom. The van der Waals surface area contributed by atoms with Crippen LogP contribution >= 0.6 is 11.6 Å². The lowest BCUT2D eigenvalue weighted by molar-refractivity contribution is -0.116. The van der Waals surface area contributed by atoms with Crippen LogP contribution in [0.1, 0.15) is 18.1 Å². The maximum absolute atomic E-state index is 13.3. The normalized spacial score (nSPS) is 11.3. The fraction of sp³-hybridized carbons (Fsp3) is 0.167. The Morgan fingerprint density at radius 1 is 0.848 bits per heavy atom.